The zero-order chi connectivity index (χ0) is 16.5. The molecule has 1 aliphatic carbocycles. The summed E-state index contributed by atoms with van der Waals surface area (Å²) < 4.78 is 27.4. The Morgan fingerprint density at radius 1 is 1.18 bits per heavy atom. The van der Waals surface area contributed by atoms with Crippen LogP contribution in [0, 0.1) is 12.8 Å². The molecule has 8 heteroatoms. The molecule has 2 N–H and O–H groups in total. The first-order valence-electron chi connectivity index (χ1n) is 6.91. The number of halogens is 2. The van der Waals surface area contributed by atoms with Crippen molar-refractivity contribution in [3.8, 4) is 0 Å². The Morgan fingerprint density at radius 2 is 1.68 bits per heavy atom. The van der Waals surface area contributed by atoms with Crippen LogP contribution < -0.4 is 4.72 Å². The van der Waals surface area contributed by atoms with Crippen LogP contribution in [-0.2, 0) is 14.8 Å². The van der Waals surface area contributed by atoms with E-state index in [0.717, 1.165) is 0 Å². The van der Waals surface area contributed by atoms with E-state index in [1.165, 1.54) is 12.1 Å². The van der Waals surface area contributed by atoms with Crippen LogP contribution in [0.1, 0.15) is 31.2 Å². The van der Waals surface area contributed by atoms with Crippen LogP contribution in [0.25, 0.3) is 0 Å². The van der Waals surface area contributed by atoms with Gasteiger partial charge in [0, 0.05) is 16.1 Å². The number of carboxylic acid groups (broad SMARTS) is 1. The Kier molecular flexibility index (Phi) is 5.37. The highest BCUT2D eigenvalue weighted by atomic mass is 35.5. The quantitative estimate of drug-likeness (QED) is 0.857. The number of hydrogen-bond donors (Lipinski definition) is 2. The molecule has 22 heavy (non-hydrogen) atoms. The van der Waals surface area contributed by atoms with E-state index in [-0.39, 0.29) is 16.9 Å². The first-order chi connectivity index (χ1) is 10.2. The summed E-state index contributed by atoms with van der Waals surface area (Å²) in [6, 6.07) is 2.47. The molecule has 5 nitrogen and oxygen atoms in total. The van der Waals surface area contributed by atoms with Crippen molar-refractivity contribution in [3.63, 3.8) is 0 Å². The summed E-state index contributed by atoms with van der Waals surface area (Å²) in [5.41, 5.74) is 0.629. The lowest BCUT2D eigenvalue weighted by molar-refractivity contribution is -0.142. The van der Waals surface area contributed by atoms with Gasteiger partial charge in [0.15, 0.2) is 0 Å². The van der Waals surface area contributed by atoms with Crippen LogP contribution in [0.3, 0.4) is 0 Å². The van der Waals surface area contributed by atoms with Crippen molar-refractivity contribution in [2.24, 2.45) is 5.92 Å². The smallest absolute Gasteiger partial charge is 0.306 e. The normalized spacial score (nSPS) is 22.5. The van der Waals surface area contributed by atoms with Crippen molar-refractivity contribution in [1.82, 2.24) is 4.72 Å². The predicted molar refractivity (Wildman–Crippen MR) is 84.9 cm³/mol. The number of rotatable bonds is 4. The predicted octanol–water partition coefficient (Wildman–Crippen LogP) is 3.22. The molecule has 0 bridgehead atoms. The van der Waals surface area contributed by atoms with Gasteiger partial charge in [0.25, 0.3) is 0 Å². The Labute approximate surface area is 139 Å². The van der Waals surface area contributed by atoms with E-state index in [4.69, 9.17) is 28.3 Å². The molecule has 0 saturated heterocycles. The van der Waals surface area contributed by atoms with Gasteiger partial charge in [-0.05, 0) is 50.3 Å². The minimum absolute atomic E-state index is 0.0217. The number of sulfonamides is 1. The zero-order valence-electron chi connectivity index (χ0n) is 12.0. The van der Waals surface area contributed by atoms with Crippen molar-refractivity contribution in [3.05, 3.63) is 27.7 Å². The third-order valence-electron chi connectivity index (χ3n) is 3.96. The molecule has 0 unspecified atom stereocenters. The number of carboxylic acids is 1. The highest BCUT2D eigenvalue weighted by Gasteiger charge is 2.29. The maximum atomic E-state index is 12.4. The van der Waals surface area contributed by atoms with Crippen molar-refractivity contribution >= 4 is 39.2 Å². The Bertz CT molecular complexity index is 659. The Morgan fingerprint density at radius 3 is 2.14 bits per heavy atom. The summed E-state index contributed by atoms with van der Waals surface area (Å²) in [6.07, 6.45) is 1.95. The van der Waals surface area contributed by atoms with Crippen molar-refractivity contribution in [2.45, 2.75) is 43.5 Å². The van der Waals surface area contributed by atoms with Crippen LogP contribution in [0.2, 0.25) is 10.0 Å². The fourth-order valence-electron chi connectivity index (χ4n) is 2.52. The summed E-state index contributed by atoms with van der Waals surface area (Å²) in [6.45, 7) is 1.71. The number of nitrogens with one attached hydrogen (secondary N) is 1. The monoisotopic (exact) mass is 365 g/mol. The van der Waals surface area contributed by atoms with Gasteiger partial charge in [0.2, 0.25) is 10.0 Å². The number of benzene rings is 1. The van der Waals surface area contributed by atoms with E-state index in [9.17, 15) is 13.2 Å². The van der Waals surface area contributed by atoms with Gasteiger partial charge in [-0.1, -0.05) is 23.2 Å². The molecule has 0 radical (unpaired) electrons. The van der Waals surface area contributed by atoms with E-state index in [1.54, 1.807) is 6.92 Å². The summed E-state index contributed by atoms with van der Waals surface area (Å²) in [7, 11) is -3.73. The third kappa shape index (κ3) is 3.93. The lowest BCUT2D eigenvalue weighted by atomic mass is 9.87. The molecular formula is C14H17Cl2NO4S. The van der Waals surface area contributed by atoms with Gasteiger partial charge in [-0.15, -0.1) is 0 Å². The number of hydrogen-bond acceptors (Lipinski definition) is 3. The van der Waals surface area contributed by atoms with Crippen LogP contribution >= 0.6 is 23.2 Å². The highest BCUT2D eigenvalue weighted by Crippen LogP contribution is 2.29. The van der Waals surface area contributed by atoms with Crippen molar-refractivity contribution in [2.75, 3.05) is 0 Å². The molecule has 0 amide bonds. The van der Waals surface area contributed by atoms with Gasteiger partial charge in [0.1, 0.15) is 0 Å². The fourth-order valence-corrected chi connectivity index (χ4v) is 4.50. The Balaban J connectivity index is 2.11. The maximum absolute atomic E-state index is 12.4. The molecule has 0 spiro atoms. The second kappa shape index (κ2) is 6.74. The molecule has 1 aliphatic rings. The second-order valence-electron chi connectivity index (χ2n) is 5.52. The van der Waals surface area contributed by atoms with E-state index in [2.05, 4.69) is 4.72 Å². The molecule has 0 heterocycles. The zero-order valence-corrected chi connectivity index (χ0v) is 14.3. The molecule has 0 aliphatic heterocycles. The SMILES string of the molecule is Cc1c(Cl)cc(S(=O)(=O)NC2CCC(C(=O)O)CC2)cc1Cl. The molecule has 1 saturated carbocycles. The van der Waals surface area contributed by atoms with E-state index in [0.29, 0.717) is 41.3 Å². The van der Waals surface area contributed by atoms with Gasteiger partial charge in [-0.2, -0.15) is 0 Å². The van der Waals surface area contributed by atoms with Crippen molar-refractivity contribution in [1.29, 1.82) is 0 Å². The average Bonchev–Trinajstić information content (AvgIpc) is 2.44. The maximum Gasteiger partial charge on any atom is 0.306 e. The van der Waals surface area contributed by atoms with Gasteiger partial charge in [-0.3, -0.25) is 4.79 Å². The topological polar surface area (TPSA) is 83.5 Å². The minimum atomic E-state index is -3.73. The largest absolute Gasteiger partial charge is 0.481 e. The van der Waals surface area contributed by atoms with Gasteiger partial charge >= 0.3 is 5.97 Å². The summed E-state index contributed by atoms with van der Waals surface area (Å²) in [5, 5.41) is 9.54. The summed E-state index contributed by atoms with van der Waals surface area (Å²) >= 11 is 12.0. The van der Waals surface area contributed by atoms with Gasteiger partial charge in [0.05, 0.1) is 10.8 Å². The van der Waals surface area contributed by atoms with Crippen LogP contribution in [0.4, 0.5) is 0 Å². The minimum Gasteiger partial charge on any atom is -0.481 e. The second-order valence-corrected chi connectivity index (χ2v) is 8.05. The molecule has 122 valence electrons. The molecule has 0 atom stereocenters. The number of aliphatic carboxylic acids is 1. The van der Waals surface area contributed by atoms with E-state index < -0.39 is 16.0 Å². The molecule has 0 aromatic heterocycles. The van der Waals surface area contributed by atoms with Crippen LogP contribution in [0.15, 0.2) is 17.0 Å². The first kappa shape index (κ1) is 17.5. The molecule has 2 rings (SSSR count). The molecule has 1 fully saturated rings. The van der Waals surface area contributed by atoms with Gasteiger partial charge < -0.3 is 5.11 Å². The average molecular weight is 366 g/mol. The number of carbonyl (C=O) groups is 1. The lowest BCUT2D eigenvalue weighted by Gasteiger charge is -2.26. The molecule has 1 aromatic carbocycles. The third-order valence-corrected chi connectivity index (χ3v) is 6.25. The summed E-state index contributed by atoms with van der Waals surface area (Å²) in [5.74, 6) is -1.21. The lowest BCUT2D eigenvalue weighted by Crippen LogP contribution is -2.38. The van der Waals surface area contributed by atoms with E-state index >= 15 is 0 Å². The summed E-state index contributed by atoms with van der Waals surface area (Å²) in [4.78, 5) is 10.9. The standard InChI is InChI=1S/C14H17Cl2NO4S/c1-8-12(15)6-11(7-13(8)16)22(20,21)17-10-4-2-9(3-5-10)14(18)19/h6-7,9-10,17H,2-5H2,1H3,(H,18,19). The Hall–Kier alpha value is -0.820. The van der Waals surface area contributed by atoms with Crippen molar-refractivity contribution < 1.29 is 18.3 Å². The molecule has 1 aromatic rings. The van der Waals surface area contributed by atoms with Gasteiger partial charge in [-0.25, -0.2) is 13.1 Å². The van der Waals surface area contributed by atoms with E-state index in [1.807, 2.05) is 0 Å². The van der Waals surface area contributed by atoms with Crippen LogP contribution in [0.5, 0.6) is 0 Å². The van der Waals surface area contributed by atoms with Crippen LogP contribution in [-0.4, -0.2) is 25.5 Å². The fraction of sp³-hybridized carbons (Fsp3) is 0.500. The molecular weight excluding hydrogens is 349 g/mol. The highest BCUT2D eigenvalue weighted by molar-refractivity contribution is 7.89. The first-order valence-corrected chi connectivity index (χ1v) is 9.15.